The van der Waals surface area contributed by atoms with Gasteiger partial charge >= 0.3 is 0 Å². The number of rotatable bonds is 2. The molecule has 0 atom stereocenters. The van der Waals surface area contributed by atoms with E-state index in [0.717, 1.165) is 39.0 Å². The zero-order valence-electron chi connectivity index (χ0n) is 9.90. The number of pyridine rings is 1. The number of thiazole rings is 1. The fraction of sp³-hybridized carbons (Fsp3) is 0.231. The maximum atomic E-state index is 5.98. The minimum atomic E-state index is 0.485. The van der Waals surface area contributed by atoms with E-state index in [9.17, 15) is 0 Å². The van der Waals surface area contributed by atoms with Crippen molar-refractivity contribution >= 4 is 49.9 Å². The van der Waals surface area contributed by atoms with Gasteiger partial charge in [0.25, 0.3) is 0 Å². The predicted molar refractivity (Wildman–Crippen MR) is 78.3 cm³/mol. The van der Waals surface area contributed by atoms with E-state index in [1.165, 1.54) is 0 Å². The van der Waals surface area contributed by atoms with Crippen molar-refractivity contribution in [2.75, 3.05) is 5.73 Å². The number of nitrogen functional groups attached to an aromatic ring is 1. The first kappa shape index (κ1) is 11.7. The van der Waals surface area contributed by atoms with E-state index in [-0.39, 0.29) is 0 Å². The molecule has 18 heavy (non-hydrogen) atoms. The average Bonchev–Trinajstić information content (AvgIpc) is 2.74. The van der Waals surface area contributed by atoms with Gasteiger partial charge in [-0.25, -0.2) is 9.97 Å². The van der Waals surface area contributed by atoms with Crippen LogP contribution in [0, 0.1) is 0 Å². The van der Waals surface area contributed by atoms with Gasteiger partial charge in [-0.1, -0.05) is 18.5 Å². The van der Waals surface area contributed by atoms with Crippen molar-refractivity contribution in [3.05, 3.63) is 28.2 Å². The Labute approximate surface area is 114 Å². The van der Waals surface area contributed by atoms with Crippen LogP contribution in [0.2, 0.25) is 5.02 Å². The van der Waals surface area contributed by atoms with Crippen molar-refractivity contribution in [1.82, 2.24) is 9.97 Å². The van der Waals surface area contributed by atoms with Gasteiger partial charge in [-0.05, 0) is 31.0 Å². The van der Waals surface area contributed by atoms with Crippen molar-refractivity contribution in [3.8, 4) is 0 Å². The summed E-state index contributed by atoms with van der Waals surface area (Å²) >= 11 is 7.68. The summed E-state index contributed by atoms with van der Waals surface area (Å²) in [6.07, 6.45) is 2.06. The Bertz CT molecular complexity index is 736. The van der Waals surface area contributed by atoms with Gasteiger partial charge in [0.15, 0.2) is 5.82 Å². The average molecular weight is 278 g/mol. The molecule has 3 rings (SSSR count). The summed E-state index contributed by atoms with van der Waals surface area (Å²) in [6.45, 7) is 2.14. The molecular formula is C13H12ClN3S. The second-order valence-corrected chi connectivity index (χ2v) is 5.71. The molecule has 2 N–H and O–H groups in total. The SMILES string of the molecule is CCCc1nc2c(N)nc3cc(Cl)ccc3c2s1. The van der Waals surface area contributed by atoms with Crippen LogP contribution in [0.4, 0.5) is 5.82 Å². The summed E-state index contributed by atoms with van der Waals surface area (Å²) in [4.78, 5) is 8.95. The molecule has 0 amide bonds. The molecule has 0 saturated heterocycles. The molecular weight excluding hydrogens is 266 g/mol. The second kappa shape index (κ2) is 4.37. The summed E-state index contributed by atoms with van der Waals surface area (Å²) < 4.78 is 1.11. The molecule has 3 aromatic rings. The Balaban J connectivity index is 2.37. The minimum Gasteiger partial charge on any atom is -0.382 e. The molecule has 0 bridgehead atoms. The molecule has 2 aromatic heterocycles. The van der Waals surface area contributed by atoms with Crippen LogP contribution in [-0.4, -0.2) is 9.97 Å². The number of aromatic nitrogens is 2. The number of halogens is 1. The van der Waals surface area contributed by atoms with Crippen LogP contribution in [0.1, 0.15) is 18.4 Å². The zero-order chi connectivity index (χ0) is 12.7. The lowest BCUT2D eigenvalue weighted by molar-refractivity contribution is 0.913. The van der Waals surface area contributed by atoms with E-state index in [2.05, 4.69) is 16.9 Å². The Kier molecular flexibility index (Phi) is 2.84. The number of hydrogen-bond acceptors (Lipinski definition) is 4. The standard InChI is InChI=1S/C13H12ClN3S/c1-2-3-10-17-11-12(18-10)8-5-4-7(14)6-9(8)16-13(11)15/h4-6H,2-3H2,1H3,(H2,15,16). The summed E-state index contributed by atoms with van der Waals surface area (Å²) in [7, 11) is 0. The smallest absolute Gasteiger partial charge is 0.151 e. The number of benzene rings is 1. The lowest BCUT2D eigenvalue weighted by Crippen LogP contribution is -1.92. The van der Waals surface area contributed by atoms with Gasteiger partial charge in [0.05, 0.1) is 15.2 Å². The molecule has 0 aliphatic rings. The van der Waals surface area contributed by atoms with E-state index >= 15 is 0 Å². The summed E-state index contributed by atoms with van der Waals surface area (Å²) in [5, 5.41) is 2.86. The Morgan fingerprint density at radius 3 is 2.94 bits per heavy atom. The van der Waals surface area contributed by atoms with Crippen LogP contribution in [0.25, 0.3) is 21.1 Å². The van der Waals surface area contributed by atoms with E-state index in [1.807, 2.05) is 18.2 Å². The molecule has 0 spiro atoms. The number of nitrogens with two attached hydrogens (primary N) is 1. The lowest BCUT2D eigenvalue weighted by Gasteiger charge is -2.01. The van der Waals surface area contributed by atoms with Crippen LogP contribution in [0.5, 0.6) is 0 Å². The highest BCUT2D eigenvalue weighted by Gasteiger charge is 2.12. The largest absolute Gasteiger partial charge is 0.382 e. The van der Waals surface area contributed by atoms with E-state index < -0.39 is 0 Å². The number of nitrogens with zero attached hydrogens (tertiary/aromatic N) is 2. The van der Waals surface area contributed by atoms with Crippen molar-refractivity contribution in [2.45, 2.75) is 19.8 Å². The first-order valence-electron chi connectivity index (χ1n) is 5.83. The molecule has 1 aromatic carbocycles. The molecule has 0 aliphatic heterocycles. The van der Waals surface area contributed by atoms with Gasteiger partial charge in [0.2, 0.25) is 0 Å². The van der Waals surface area contributed by atoms with E-state index in [0.29, 0.717) is 10.8 Å². The number of hydrogen-bond donors (Lipinski definition) is 1. The van der Waals surface area contributed by atoms with Crippen LogP contribution >= 0.6 is 22.9 Å². The summed E-state index contributed by atoms with van der Waals surface area (Å²) in [5.74, 6) is 0.485. The zero-order valence-corrected chi connectivity index (χ0v) is 11.5. The maximum Gasteiger partial charge on any atom is 0.151 e. The first-order valence-corrected chi connectivity index (χ1v) is 7.02. The molecule has 0 unspecified atom stereocenters. The molecule has 92 valence electrons. The van der Waals surface area contributed by atoms with E-state index in [1.54, 1.807) is 11.3 Å². The van der Waals surface area contributed by atoms with Gasteiger partial charge in [-0.3, -0.25) is 0 Å². The molecule has 0 fully saturated rings. The minimum absolute atomic E-state index is 0.485. The third kappa shape index (κ3) is 1.82. The highest BCUT2D eigenvalue weighted by molar-refractivity contribution is 7.19. The van der Waals surface area contributed by atoms with Crippen LogP contribution in [0.3, 0.4) is 0 Å². The number of anilines is 1. The maximum absolute atomic E-state index is 5.98. The number of aryl methyl sites for hydroxylation is 1. The highest BCUT2D eigenvalue weighted by atomic mass is 35.5. The van der Waals surface area contributed by atoms with Crippen LogP contribution in [0.15, 0.2) is 18.2 Å². The molecule has 0 aliphatic carbocycles. The Morgan fingerprint density at radius 1 is 1.33 bits per heavy atom. The molecule has 2 heterocycles. The molecule has 5 heteroatoms. The molecule has 3 nitrogen and oxygen atoms in total. The summed E-state index contributed by atoms with van der Waals surface area (Å²) in [5.41, 5.74) is 7.62. The lowest BCUT2D eigenvalue weighted by atomic mass is 10.2. The number of fused-ring (bicyclic) bond motifs is 3. The van der Waals surface area contributed by atoms with E-state index in [4.69, 9.17) is 17.3 Å². The highest BCUT2D eigenvalue weighted by Crippen LogP contribution is 2.33. The predicted octanol–water partition coefficient (Wildman–Crippen LogP) is 4.03. The quantitative estimate of drug-likeness (QED) is 0.769. The van der Waals surface area contributed by atoms with Crippen molar-refractivity contribution < 1.29 is 0 Å². The fourth-order valence-corrected chi connectivity index (χ4v) is 3.39. The van der Waals surface area contributed by atoms with Gasteiger partial charge in [-0.15, -0.1) is 11.3 Å². The third-order valence-corrected chi connectivity index (χ3v) is 4.21. The van der Waals surface area contributed by atoms with Gasteiger partial charge < -0.3 is 5.73 Å². The van der Waals surface area contributed by atoms with Crippen molar-refractivity contribution in [1.29, 1.82) is 0 Å². The topological polar surface area (TPSA) is 51.8 Å². The Hall–Kier alpha value is -1.39. The first-order chi connectivity index (χ1) is 8.69. The molecule has 0 saturated carbocycles. The van der Waals surface area contributed by atoms with Gasteiger partial charge in [0.1, 0.15) is 5.52 Å². The monoisotopic (exact) mass is 277 g/mol. The fourth-order valence-electron chi connectivity index (χ4n) is 2.01. The summed E-state index contributed by atoms with van der Waals surface area (Å²) in [6, 6.07) is 5.70. The third-order valence-electron chi connectivity index (χ3n) is 2.82. The second-order valence-electron chi connectivity index (χ2n) is 4.19. The van der Waals surface area contributed by atoms with Crippen LogP contribution in [-0.2, 0) is 6.42 Å². The van der Waals surface area contributed by atoms with Crippen molar-refractivity contribution in [2.24, 2.45) is 0 Å². The normalized spacial score (nSPS) is 11.4. The molecule has 0 radical (unpaired) electrons. The van der Waals surface area contributed by atoms with Gasteiger partial charge in [0, 0.05) is 10.4 Å². The Morgan fingerprint density at radius 2 is 2.17 bits per heavy atom. The van der Waals surface area contributed by atoms with Crippen molar-refractivity contribution in [3.63, 3.8) is 0 Å². The van der Waals surface area contributed by atoms with Gasteiger partial charge in [-0.2, -0.15) is 0 Å². The van der Waals surface area contributed by atoms with Crippen LogP contribution < -0.4 is 5.73 Å².